The molecule has 0 aromatic rings. The molecule has 0 spiro atoms. The number of aliphatic carboxylic acids is 3. The summed E-state index contributed by atoms with van der Waals surface area (Å²) < 4.78 is 40.8. The Labute approximate surface area is 437 Å². The van der Waals surface area contributed by atoms with Crippen molar-refractivity contribution in [2.45, 2.75) is 164 Å². The van der Waals surface area contributed by atoms with Crippen molar-refractivity contribution >= 4 is 99.2 Å². The van der Waals surface area contributed by atoms with E-state index >= 15 is 0 Å². The van der Waals surface area contributed by atoms with Crippen LogP contribution in [0.2, 0.25) is 0 Å². The van der Waals surface area contributed by atoms with E-state index in [1.54, 1.807) is 13.8 Å². The van der Waals surface area contributed by atoms with Gasteiger partial charge in [0.2, 0.25) is 11.8 Å². The molecular formula is C44H64N4O23S3. The molecule has 3 rings (SSSR count). The molecule has 2 amide bonds. The lowest BCUT2D eigenvalue weighted by Crippen LogP contribution is -2.70. The summed E-state index contributed by atoms with van der Waals surface area (Å²) in [5.41, 5.74) is -7.85. The van der Waals surface area contributed by atoms with E-state index in [1.807, 2.05) is 0 Å². The van der Waals surface area contributed by atoms with Gasteiger partial charge < -0.3 is 84.9 Å². The number of aliphatic hydroxyl groups excluding tert-OH is 2. The highest BCUT2D eigenvalue weighted by atomic mass is 32.2. The monoisotopic (exact) mass is 1110 g/mol. The van der Waals surface area contributed by atoms with Gasteiger partial charge in [0.25, 0.3) is 0 Å². The maximum atomic E-state index is 14.8. The zero-order chi connectivity index (χ0) is 56.3. The lowest BCUT2D eigenvalue weighted by atomic mass is 9.74. The van der Waals surface area contributed by atoms with E-state index in [0.717, 1.165) is 32.5 Å². The topological polar surface area (TPSA) is 420 Å². The molecule has 2 heterocycles. The van der Waals surface area contributed by atoms with Crippen LogP contribution in [0.4, 0.5) is 0 Å². The molecule has 30 heteroatoms. The van der Waals surface area contributed by atoms with Gasteiger partial charge in [0, 0.05) is 51.1 Å². The predicted molar refractivity (Wildman–Crippen MR) is 260 cm³/mol. The van der Waals surface area contributed by atoms with E-state index in [4.69, 9.17) is 50.8 Å². The largest absolute Gasteiger partial charge is 0.508 e. The molecule has 2 aliphatic heterocycles. The number of aliphatic hydroxyl groups is 4. The van der Waals surface area contributed by atoms with Gasteiger partial charge in [-0.15, -0.1) is 0 Å². The molecular weight excluding hydrogens is 1050 g/mol. The van der Waals surface area contributed by atoms with Gasteiger partial charge >= 0.3 is 35.8 Å². The van der Waals surface area contributed by atoms with Gasteiger partial charge in [-0.25, -0.2) is 19.2 Å². The maximum Gasteiger partial charge on any atom is 0.341 e. The van der Waals surface area contributed by atoms with Crippen LogP contribution in [-0.2, 0) is 76.3 Å². The van der Waals surface area contributed by atoms with Crippen molar-refractivity contribution in [1.82, 2.24) is 16.0 Å². The molecule has 0 aromatic carbocycles. The Morgan fingerprint density at radius 1 is 0.905 bits per heavy atom. The van der Waals surface area contributed by atoms with E-state index in [0.29, 0.717) is 18.2 Å². The summed E-state index contributed by atoms with van der Waals surface area (Å²) in [6.45, 7) is 9.72. The van der Waals surface area contributed by atoms with Crippen molar-refractivity contribution in [2.75, 3.05) is 25.2 Å². The number of thioether (sulfide) groups is 2. The van der Waals surface area contributed by atoms with Crippen LogP contribution in [0.3, 0.4) is 0 Å². The molecule has 0 bridgehead atoms. The summed E-state index contributed by atoms with van der Waals surface area (Å²) >= 11 is 6.91. The number of nitrogens with one attached hydrogen (secondary N) is 4. The minimum absolute atomic E-state index is 0.269. The van der Waals surface area contributed by atoms with E-state index in [9.17, 15) is 78.9 Å². The second-order valence-electron chi connectivity index (χ2n) is 17.7. The van der Waals surface area contributed by atoms with Crippen LogP contribution in [0.1, 0.15) is 74.7 Å². The highest BCUT2D eigenvalue weighted by Crippen LogP contribution is 2.43. The lowest BCUT2D eigenvalue weighted by molar-refractivity contribution is -0.345. The molecule has 0 radical (unpaired) electrons. The van der Waals surface area contributed by atoms with Gasteiger partial charge in [-0.05, 0) is 20.3 Å². The Balaban J connectivity index is 2.23. The average Bonchev–Trinajstić information content (AvgIpc) is 3.30. The molecule has 11 N–H and O–H groups in total. The number of carboxylic acid groups (broad SMARTS) is 3. The van der Waals surface area contributed by atoms with Crippen molar-refractivity contribution < 1.29 is 112 Å². The summed E-state index contributed by atoms with van der Waals surface area (Å²) in [4.78, 5) is 113. The Hall–Kier alpha value is -5.05. The summed E-state index contributed by atoms with van der Waals surface area (Å²) in [6.07, 6.45) is -17.7. The van der Waals surface area contributed by atoms with Gasteiger partial charge in [0.1, 0.15) is 76.6 Å². The van der Waals surface area contributed by atoms with E-state index in [1.165, 1.54) is 27.9 Å². The van der Waals surface area contributed by atoms with Crippen LogP contribution in [0.25, 0.3) is 0 Å². The number of amides is 2. The third-order valence-corrected chi connectivity index (χ3v) is 15.1. The molecule has 74 heavy (non-hydrogen) atoms. The smallest absolute Gasteiger partial charge is 0.341 e. The number of carboxylic acids is 3. The van der Waals surface area contributed by atoms with Crippen molar-refractivity contribution in [3.63, 3.8) is 0 Å². The molecule has 27 nitrogen and oxygen atoms in total. The summed E-state index contributed by atoms with van der Waals surface area (Å²) in [5, 5.41) is 91.3. The standard InChI is InChI=1S/C44H64N4O23S3/c1-10-16(2)40(61)68-19(5)44(64)18(4)67-28(11-27(44)65-9)70-34-32(53)36(43(63)12-25(52)30(45)29(35(43)54)39(59)60)69-26(13-66-22(8)51)33(34)71-41(62)31(17(3)73-14-23(37(55)56)46-20(6)49)48-42(72)74-15-24(38(57)58)47-21(7)50/h16-19,23-24,26-28,31-34,36,45,53-54,63-64H,10-15H2,1-9H3,(H,46,49)(H,47,50)(H,48,72)(H,55,56)(H,57,58)(H,59,60)/t16-,17?,18?,19-,23-,24-,26?,27?,28?,31?,32?,33?,34?,36?,43+,44?/m0/s1. The van der Waals surface area contributed by atoms with E-state index in [-0.39, 0.29) is 15.8 Å². The van der Waals surface area contributed by atoms with E-state index < -0.39 is 186 Å². The average molecular weight is 1110 g/mol. The van der Waals surface area contributed by atoms with Gasteiger partial charge in [0.15, 0.2) is 29.4 Å². The fourth-order valence-corrected chi connectivity index (χ4v) is 10.3. The summed E-state index contributed by atoms with van der Waals surface area (Å²) in [5.74, 6) is -13.4. The first kappa shape index (κ1) is 63.2. The number of Topliss-reactive ketones (excluding diaryl/α,β-unsaturated/α-hetero) is 1. The molecule has 1 aliphatic carbocycles. The van der Waals surface area contributed by atoms with Crippen molar-refractivity contribution in [3.8, 4) is 0 Å². The number of rotatable bonds is 24. The second-order valence-corrected chi connectivity index (χ2v) is 20.8. The number of ketones is 1. The fourth-order valence-electron chi connectivity index (χ4n) is 8.09. The predicted octanol–water partition coefficient (Wildman–Crippen LogP) is -1.27. The minimum atomic E-state index is -3.19. The van der Waals surface area contributed by atoms with Crippen LogP contribution in [0.15, 0.2) is 11.3 Å². The van der Waals surface area contributed by atoms with Crippen LogP contribution in [-0.4, -0.2) is 214 Å². The van der Waals surface area contributed by atoms with Crippen molar-refractivity contribution in [3.05, 3.63) is 11.3 Å². The number of carbonyl (C=O) groups excluding carboxylic acids is 6. The van der Waals surface area contributed by atoms with Crippen LogP contribution < -0.4 is 16.0 Å². The first-order chi connectivity index (χ1) is 34.3. The molecule has 3 aliphatic rings. The van der Waals surface area contributed by atoms with Gasteiger partial charge in [-0.2, -0.15) is 11.8 Å². The Morgan fingerprint density at radius 3 is 2.00 bits per heavy atom. The molecule has 2 saturated heterocycles. The number of hydrogen-bond acceptors (Lipinski definition) is 24. The van der Waals surface area contributed by atoms with Gasteiger partial charge in [-0.1, -0.05) is 44.8 Å². The molecule has 11 unspecified atom stereocenters. The first-order valence-electron chi connectivity index (χ1n) is 22.9. The number of ether oxygens (including phenoxy) is 7. The first-order valence-corrected chi connectivity index (χ1v) is 25.3. The Kier molecular flexibility index (Phi) is 23.2. The fraction of sp³-hybridized carbons (Fsp3) is 0.705. The molecule has 16 atom stereocenters. The molecule has 0 aromatic heterocycles. The van der Waals surface area contributed by atoms with Gasteiger partial charge in [0.05, 0.1) is 24.5 Å². The van der Waals surface area contributed by atoms with Crippen molar-refractivity contribution in [2.24, 2.45) is 5.92 Å². The number of esters is 3. The van der Waals surface area contributed by atoms with Crippen LogP contribution in [0.5, 0.6) is 0 Å². The molecule has 0 saturated carbocycles. The van der Waals surface area contributed by atoms with Crippen LogP contribution in [0, 0.1) is 11.3 Å². The number of carbonyl (C=O) groups is 9. The second kappa shape index (κ2) is 27.1. The maximum absolute atomic E-state index is 14.8. The molecule has 416 valence electrons. The summed E-state index contributed by atoms with van der Waals surface area (Å²) in [6, 6.07) is -4.65. The van der Waals surface area contributed by atoms with Crippen molar-refractivity contribution in [1.29, 1.82) is 5.41 Å². The summed E-state index contributed by atoms with van der Waals surface area (Å²) in [7, 11) is 1.21. The third-order valence-electron chi connectivity index (χ3n) is 12.4. The Morgan fingerprint density at radius 2 is 1.49 bits per heavy atom. The quantitative estimate of drug-likeness (QED) is 0.0305. The number of thiocarbonyl (C=S) groups is 1. The number of hydrogen-bond donors (Lipinski definition) is 11. The molecule has 2 fully saturated rings. The van der Waals surface area contributed by atoms with Crippen LogP contribution >= 0.6 is 35.7 Å². The zero-order valence-corrected chi connectivity index (χ0v) is 44.2. The lowest BCUT2D eigenvalue weighted by Gasteiger charge is -2.52. The normalized spacial score (nSPS) is 29.5. The number of methoxy groups -OCH3 is 1. The highest BCUT2D eigenvalue weighted by Gasteiger charge is 2.62. The Bertz CT molecular complexity index is 2200. The highest BCUT2D eigenvalue weighted by molar-refractivity contribution is 8.23. The SMILES string of the molecule is CC[C@H](C)C(=O)O[C@@H](C)C1(O)C(C)OC(OC2C(O)C([C@@]3(O)CC(=O)C(=N)C(C(=O)O)=C3O)OC(COC(C)=O)C2OC(=O)C(NC(=S)SC[C@H](NC(C)=O)C(=O)O)C(C)SC[C@H](NC(C)=O)C(=O)O)CC1OC. The van der Waals surface area contributed by atoms with E-state index in [2.05, 4.69) is 16.0 Å². The third kappa shape index (κ3) is 15.5. The van der Waals surface area contributed by atoms with Gasteiger partial charge in [-0.3, -0.25) is 29.4 Å². The zero-order valence-electron chi connectivity index (χ0n) is 41.7. The minimum Gasteiger partial charge on any atom is -0.508 e.